The van der Waals surface area contributed by atoms with E-state index in [2.05, 4.69) is 4.98 Å². The number of benzene rings is 1. The van der Waals surface area contributed by atoms with E-state index < -0.39 is 0 Å². The van der Waals surface area contributed by atoms with Crippen LogP contribution in [0.4, 0.5) is 0 Å². The summed E-state index contributed by atoms with van der Waals surface area (Å²) >= 11 is 0. The molecule has 0 aliphatic heterocycles. The second-order valence-corrected chi connectivity index (χ2v) is 4.43. The molecule has 0 aliphatic carbocycles. The number of aromatic nitrogens is 1. The van der Waals surface area contributed by atoms with Crippen molar-refractivity contribution in [1.29, 1.82) is 0 Å². The largest absolute Gasteiger partial charge is 0.491 e. The number of nitrogens with two attached hydrogens (primary N) is 1. The summed E-state index contributed by atoms with van der Waals surface area (Å²) in [6, 6.07) is 12.1. The van der Waals surface area contributed by atoms with Gasteiger partial charge in [-0.25, -0.2) is 0 Å². The van der Waals surface area contributed by atoms with Crippen LogP contribution in [0, 0.1) is 0 Å². The van der Waals surface area contributed by atoms with E-state index in [1.807, 2.05) is 50.2 Å². The van der Waals surface area contributed by atoms with Gasteiger partial charge >= 0.3 is 0 Å². The molecule has 18 heavy (non-hydrogen) atoms. The summed E-state index contributed by atoms with van der Waals surface area (Å²) in [7, 11) is 0. The highest BCUT2D eigenvalue weighted by Crippen LogP contribution is 2.23. The Morgan fingerprint density at radius 1 is 1.11 bits per heavy atom. The lowest BCUT2D eigenvalue weighted by Crippen LogP contribution is -2.05. The van der Waals surface area contributed by atoms with E-state index >= 15 is 0 Å². The number of rotatable bonds is 4. The molecule has 2 N–H and O–H groups in total. The zero-order chi connectivity index (χ0) is 13.0. The van der Waals surface area contributed by atoms with E-state index in [0.29, 0.717) is 6.54 Å². The van der Waals surface area contributed by atoms with E-state index in [9.17, 15) is 0 Å². The molecule has 1 aromatic carbocycles. The SMILES string of the molecule is CC(C)Oc1ccc(-c2ccnc(CN)c2)cc1. The molecule has 0 fully saturated rings. The van der Waals surface area contributed by atoms with Gasteiger partial charge in [-0.1, -0.05) is 12.1 Å². The molecule has 2 rings (SSSR count). The maximum absolute atomic E-state index is 5.62. The fourth-order valence-corrected chi connectivity index (χ4v) is 1.77. The lowest BCUT2D eigenvalue weighted by Gasteiger charge is -2.10. The summed E-state index contributed by atoms with van der Waals surface area (Å²) in [6.45, 7) is 4.50. The first-order valence-electron chi connectivity index (χ1n) is 6.11. The molecule has 0 spiro atoms. The van der Waals surface area contributed by atoms with Gasteiger partial charge in [0.2, 0.25) is 0 Å². The Labute approximate surface area is 108 Å². The lowest BCUT2D eigenvalue weighted by atomic mass is 10.1. The standard InChI is InChI=1S/C15H18N2O/c1-11(2)18-15-5-3-12(4-6-15)13-7-8-17-14(9-13)10-16/h3-9,11H,10,16H2,1-2H3. The molecule has 3 nitrogen and oxygen atoms in total. The molecule has 2 aromatic rings. The van der Waals surface area contributed by atoms with Crippen LogP contribution < -0.4 is 10.5 Å². The summed E-state index contributed by atoms with van der Waals surface area (Å²) in [6.07, 6.45) is 1.98. The van der Waals surface area contributed by atoms with Gasteiger partial charge in [0.25, 0.3) is 0 Å². The molecule has 0 atom stereocenters. The van der Waals surface area contributed by atoms with Crippen LogP contribution in [0.15, 0.2) is 42.6 Å². The summed E-state index contributed by atoms with van der Waals surface area (Å²) in [4.78, 5) is 4.19. The van der Waals surface area contributed by atoms with Crippen LogP contribution in [0.25, 0.3) is 11.1 Å². The molecule has 0 amide bonds. The molecule has 0 aliphatic rings. The van der Waals surface area contributed by atoms with E-state index in [4.69, 9.17) is 10.5 Å². The second kappa shape index (κ2) is 5.65. The highest BCUT2D eigenvalue weighted by molar-refractivity contribution is 5.64. The van der Waals surface area contributed by atoms with Gasteiger partial charge in [-0.05, 0) is 49.2 Å². The molecule has 1 aromatic heterocycles. The molecule has 0 unspecified atom stereocenters. The van der Waals surface area contributed by atoms with E-state index in [1.54, 1.807) is 6.20 Å². The first kappa shape index (κ1) is 12.6. The van der Waals surface area contributed by atoms with Crippen LogP contribution >= 0.6 is 0 Å². The molecule has 0 saturated carbocycles. The van der Waals surface area contributed by atoms with Crippen molar-refractivity contribution in [3.05, 3.63) is 48.3 Å². The molecule has 0 saturated heterocycles. The number of hydrogen-bond donors (Lipinski definition) is 1. The third-order valence-electron chi connectivity index (χ3n) is 2.59. The Morgan fingerprint density at radius 3 is 2.44 bits per heavy atom. The predicted octanol–water partition coefficient (Wildman–Crippen LogP) is 2.99. The third-order valence-corrected chi connectivity index (χ3v) is 2.59. The maximum atomic E-state index is 5.62. The fraction of sp³-hybridized carbons (Fsp3) is 0.267. The number of ether oxygens (including phenoxy) is 1. The summed E-state index contributed by atoms with van der Waals surface area (Å²) in [5, 5.41) is 0. The molecular weight excluding hydrogens is 224 g/mol. The minimum Gasteiger partial charge on any atom is -0.491 e. The minimum absolute atomic E-state index is 0.195. The third kappa shape index (κ3) is 3.08. The van der Waals surface area contributed by atoms with Gasteiger partial charge in [-0.2, -0.15) is 0 Å². The first-order chi connectivity index (χ1) is 8.69. The average molecular weight is 242 g/mol. The Kier molecular flexibility index (Phi) is 3.95. The van der Waals surface area contributed by atoms with Gasteiger partial charge in [-0.15, -0.1) is 0 Å². The number of pyridine rings is 1. The second-order valence-electron chi connectivity index (χ2n) is 4.43. The van der Waals surface area contributed by atoms with Crippen molar-refractivity contribution in [2.24, 2.45) is 5.73 Å². The van der Waals surface area contributed by atoms with E-state index in [0.717, 1.165) is 22.6 Å². The topological polar surface area (TPSA) is 48.1 Å². The van der Waals surface area contributed by atoms with Gasteiger partial charge in [0.1, 0.15) is 5.75 Å². The highest BCUT2D eigenvalue weighted by atomic mass is 16.5. The van der Waals surface area contributed by atoms with E-state index in [-0.39, 0.29) is 6.10 Å². The normalized spacial score (nSPS) is 10.7. The zero-order valence-corrected chi connectivity index (χ0v) is 10.8. The van der Waals surface area contributed by atoms with E-state index in [1.165, 1.54) is 0 Å². The first-order valence-corrected chi connectivity index (χ1v) is 6.11. The van der Waals surface area contributed by atoms with Crippen molar-refractivity contribution in [2.75, 3.05) is 0 Å². The Morgan fingerprint density at radius 2 is 1.83 bits per heavy atom. The van der Waals surface area contributed by atoms with Crippen LogP contribution in [-0.4, -0.2) is 11.1 Å². The summed E-state index contributed by atoms with van der Waals surface area (Å²) in [5.74, 6) is 0.891. The molecule has 3 heteroatoms. The lowest BCUT2D eigenvalue weighted by molar-refractivity contribution is 0.242. The molecular formula is C15H18N2O. The molecule has 1 heterocycles. The monoisotopic (exact) mass is 242 g/mol. The summed E-state index contributed by atoms with van der Waals surface area (Å²) in [5.41, 5.74) is 8.76. The van der Waals surface area contributed by atoms with Crippen molar-refractivity contribution in [3.8, 4) is 16.9 Å². The van der Waals surface area contributed by atoms with Gasteiger partial charge < -0.3 is 10.5 Å². The van der Waals surface area contributed by atoms with Crippen LogP contribution in [0.5, 0.6) is 5.75 Å². The quantitative estimate of drug-likeness (QED) is 0.896. The fourth-order valence-electron chi connectivity index (χ4n) is 1.77. The van der Waals surface area contributed by atoms with Crippen molar-refractivity contribution >= 4 is 0 Å². The minimum atomic E-state index is 0.195. The smallest absolute Gasteiger partial charge is 0.119 e. The van der Waals surface area contributed by atoms with Crippen LogP contribution in [-0.2, 0) is 6.54 Å². The number of hydrogen-bond acceptors (Lipinski definition) is 3. The van der Waals surface area contributed by atoms with Crippen molar-refractivity contribution < 1.29 is 4.74 Å². The Bertz CT molecular complexity index is 506. The maximum Gasteiger partial charge on any atom is 0.119 e. The van der Waals surface area contributed by atoms with Gasteiger partial charge in [-0.3, -0.25) is 4.98 Å². The summed E-state index contributed by atoms with van der Waals surface area (Å²) < 4.78 is 5.62. The Hall–Kier alpha value is -1.87. The van der Waals surface area contributed by atoms with Crippen molar-refractivity contribution in [1.82, 2.24) is 4.98 Å². The number of nitrogens with zero attached hydrogens (tertiary/aromatic N) is 1. The zero-order valence-electron chi connectivity index (χ0n) is 10.8. The molecule has 0 radical (unpaired) electrons. The highest BCUT2D eigenvalue weighted by Gasteiger charge is 2.01. The van der Waals surface area contributed by atoms with Crippen molar-refractivity contribution in [3.63, 3.8) is 0 Å². The average Bonchev–Trinajstić information content (AvgIpc) is 2.39. The van der Waals surface area contributed by atoms with Gasteiger partial charge in [0.05, 0.1) is 11.8 Å². The Balaban J connectivity index is 2.22. The van der Waals surface area contributed by atoms with Crippen LogP contribution in [0.1, 0.15) is 19.5 Å². The predicted molar refractivity (Wildman–Crippen MR) is 73.3 cm³/mol. The molecule has 0 bridgehead atoms. The molecule has 94 valence electrons. The van der Waals surface area contributed by atoms with Gasteiger partial charge in [0, 0.05) is 12.7 Å². The van der Waals surface area contributed by atoms with Gasteiger partial charge in [0.15, 0.2) is 0 Å². The van der Waals surface area contributed by atoms with Crippen molar-refractivity contribution in [2.45, 2.75) is 26.5 Å². The van der Waals surface area contributed by atoms with Crippen LogP contribution in [0.3, 0.4) is 0 Å². The van der Waals surface area contributed by atoms with Crippen LogP contribution in [0.2, 0.25) is 0 Å².